The van der Waals surface area contributed by atoms with Crippen molar-refractivity contribution in [3.63, 3.8) is 0 Å². The van der Waals surface area contributed by atoms with Gasteiger partial charge in [-0.15, -0.1) is 0 Å². The zero-order valence-electron chi connectivity index (χ0n) is 24.2. The average Bonchev–Trinajstić information content (AvgIpc) is 2.92. The van der Waals surface area contributed by atoms with E-state index in [2.05, 4.69) is 0 Å². The molecule has 0 bridgehead atoms. The van der Waals surface area contributed by atoms with Crippen LogP contribution in [0.25, 0.3) is 10.8 Å². The van der Waals surface area contributed by atoms with Crippen molar-refractivity contribution in [1.82, 2.24) is 9.80 Å². The molecule has 0 aromatic heterocycles. The van der Waals surface area contributed by atoms with Crippen LogP contribution in [0, 0.1) is 0 Å². The second-order valence-corrected chi connectivity index (χ2v) is 9.79. The number of amides is 4. The van der Waals surface area contributed by atoms with Crippen molar-refractivity contribution in [1.29, 1.82) is 0 Å². The molecule has 2 rings (SSSR count). The first-order valence-corrected chi connectivity index (χ1v) is 14.1. The Hall–Kier alpha value is -3.50. The molecule has 0 aliphatic carbocycles. The molecule has 2 atom stereocenters. The lowest BCUT2D eigenvalue weighted by molar-refractivity contribution is -0.148. The molecule has 4 amide bonds. The van der Waals surface area contributed by atoms with Crippen LogP contribution >= 0.6 is 0 Å². The molecule has 0 saturated heterocycles. The molecular weight excluding hydrogens is 512 g/mol. The highest BCUT2D eigenvalue weighted by Gasteiger charge is 2.33. The topological polar surface area (TPSA) is 145 Å². The first-order valence-electron chi connectivity index (χ1n) is 14.1. The smallest absolute Gasteiger partial charge is 0.256 e. The Bertz CT molecular complexity index is 1140. The Labute approximate surface area is 236 Å². The van der Waals surface area contributed by atoms with Crippen molar-refractivity contribution in [2.75, 3.05) is 39.4 Å². The number of benzene rings is 2. The number of carbonyl (C=O) groups is 4. The monoisotopic (exact) mass is 556 g/mol. The van der Waals surface area contributed by atoms with Gasteiger partial charge in [-0.1, -0.05) is 52.0 Å². The molecule has 220 valence electrons. The largest absolute Gasteiger partial charge is 0.368 e. The van der Waals surface area contributed by atoms with E-state index in [1.807, 2.05) is 52.0 Å². The molecule has 2 unspecified atom stereocenters. The third kappa shape index (κ3) is 9.02. The summed E-state index contributed by atoms with van der Waals surface area (Å²) in [4.78, 5) is 54.6. The lowest BCUT2D eigenvalue weighted by atomic mass is 9.92. The van der Waals surface area contributed by atoms with Crippen LogP contribution in [0.1, 0.15) is 76.7 Å². The van der Waals surface area contributed by atoms with Gasteiger partial charge >= 0.3 is 0 Å². The maximum absolute atomic E-state index is 13.8. The molecular formula is C30H44N4O6. The number of hydrogen-bond acceptors (Lipinski definition) is 6. The number of ether oxygens (including phenoxy) is 2. The zero-order chi connectivity index (χ0) is 29.7. The minimum absolute atomic E-state index is 0.257. The summed E-state index contributed by atoms with van der Waals surface area (Å²) in [5.41, 5.74) is 11.8. The van der Waals surface area contributed by atoms with Gasteiger partial charge in [0, 0.05) is 26.2 Å². The van der Waals surface area contributed by atoms with E-state index in [4.69, 9.17) is 20.9 Å². The zero-order valence-corrected chi connectivity index (χ0v) is 24.2. The summed E-state index contributed by atoms with van der Waals surface area (Å²) < 4.78 is 11.7. The highest BCUT2D eigenvalue weighted by molar-refractivity contribution is 5.91. The number of primary amides is 2. The normalized spacial score (nSPS) is 12.6. The minimum atomic E-state index is -1.34. The Morgan fingerprint density at radius 3 is 1.60 bits per heavy atom. The van der Waals surface area contributed by atoms with Crippen LogP contribution in [0.3, 0.4) is 0 Å². The lowest BCUT2D eigenvalue weighted by Crippen LogP contribution is -2.39. The van der Waals surface area contributed by atoms with Crippen molar-refractivity contribution < 1.29 is 28.7 Å². The number of hydrogen-bond donors (Lipinski definition) is 2. The van der Waals surface area contributed by atoms with Gasteiger partial charge in [0.15, 0.2) is 12.2 Å². The van der Waals surface area contributed by atoms with Gasteiger partial charge in [-0.25, -0.2) is 0 Å². The fraction of sp³-hybridized carbons (Fsp3) is 0.533. The lowest BCUT2D eigenvalue weighted by Gasteiger charge is -2.29. The van der Waals surface area contributed by atoms with Gasteiger partial charge in [-0.05, 0) is 59.7 Å². The molecule has 10 nitrogen and oxygen atoms in total. The Balaban J connectivity index is 2.63. The maximum Gasteiger partial charge on any atom is 0.256 e. The third-order valence-corrected chi connectivity index (χ3v) is 6.40. The summed E-state index contributed by atoms with van der Waals surface area (Å²) in [6.07, 6.45) is 0.426. The van der Waals surface area contributed by atoms with E-state index in [0.29, 0.717) is 37.3 Å². The first kappa shape index (κ1) is 32.7. The van der Waals surface area contributed by atoms with E-state index in [1.54, 1.807) is 21.9 Å². The minimum Gasteiger partial charge on any atom is -0.368 e. The van der Waals surface area contributed by atoms with Crippen LogP contribution in [0.2, 0.25) is 0 Å². The standard InChI is InChI=1S/C30H44N4O6/c1-5-13-33(14-6-2)26(36)20-40-27(29(32)37)23-17-21-11-9-10-12-22(21)18-24(23)28(39-19-25(31)35)30(38)34(15-7-3)16-8-4/h9-12,17-18,27-28H,5-8,13-16,19-20H2,1-4H3,(H2,31,35)(H2,32,37). The van der Waals surface area contributed by atoms with Gasteiger partial charge in [-0.2, -0.15) is 0 Å². The van der Waals surface area contributed by atoms with Gasteiger partial charge in [-0.3, -0.25) is 19.2 Å². The van der Waals surface area contributed by atoms with E-state index < -0.39 is 30.6 Å². The molecule has 10 heteroatoms. The number of fused-ring (bicyclic) bond motifs is 1. The summed E-state index contributed by atoms with van der Waals surface area (Å²) >= 11 is 0. The molecule has 2 aromatic rings. The molecule has 0 aliphatic rings. The molecule has 0 radical (unpaired) electrons. The van der Waals surface area contributed by atoms with Gasteiger partial charge in [0.2, 0.25) is 11.8 Å². The van der Waals surface area contributed by atoms with Crippen LogP contribution in [0.15, 0.2) is 36.4 Å². The van der Waals surface area contributed by atoms with Crippen molar-refractivity contribution in [2.24, 2.45) is 11.5 Å². The summed E-state index contributed by atoms with van der Waals surface area (Å²) in [6, 6.07) is 10.9. The van der Waals surface area contributed by atoms with Gasteiger partial charge in [0.25, 0.3) is 11.8 Å². The van der Waals surface area contributed by atoms with Gasteiger partial charge in [0.1, 0.15) is 13.2 Å². The number of nitrogens with two attached hydrogens (primary N) is 2. The second kappa shape index (κ2) is 16.6. The summed E-state index contributed by atoms with van der Waals surface area (Å²) in [5.74, 6) is -2.18. The van der Waals surface area contributed by atoms with E-state index in [0.717, 1.165) is 36.5 Å². The average molecular weight is 557 g/mol. The third-order valence-electron chi connectivity index (χ3n) is 6.40. The predicted molar refractivity (Wildman–Crippen MR) is 154 cm³/mol. The molecule has 0 saturated carbocycles. The molecule has 0 heterocycles. The first-order chi connectivity index (χ1) is 19.2. The van der Waals surface area contributed by atoms with Crippen molar-refractivity contribution in [3.8, 4) is 0 Å². The van der Waals surface area contributed by atoms with Crippen LogP contribution in [0.4, 0.5) is 0 Å². The predicted octanol–water partition coefficient (Wildman–Crippen LogP) is 3.22. The van der Waals surface area contributed by atoms with Gasteiger partial charge < -0.3 is 30.7 Å². The summed E-state index contributed by atoms with van der Waals surface area (Å²) in [7, 11) is 0. The van der Waals surface area contributed by atoms with Crippen LogP contribution in [0.5, 0.6) is 0 Å². The van der Waals surface area contributed by atoms with Crippen molar-refractivity contribution in [3.05, 3.63) is 47.5 Å². The van der Waals surface area contributed by atoms with Crippen LogP contribution in [-0.4, -0.2) is 72.8 Å². The van der Waals surface area contributed by atoms with E-state index in [-0.39, 0.29) is 18.4 Å². The van der Waals surface area contributed by atoms with Crippen molar-refractivity contribution in [2.45, 2.75) is 65.6 Å². The molecule has 40 heavy (non-hydrogen) atoms. The number of carbonyl (C=O) groups excluding carboxylic acids is 4. The van der Waals surface area contributed by atoms with Crippen molar-refractivity contribution >= 4 is 34.4 Å². The summed E-state index contributed by atoms with van der Waals surface area (Å²) in [5, 5.41) is 1.57. The Kier molecular flexibility index (Phi) is 13.5. The Morgan fingerprint density at radius 1 is 0.700 bits per heavy atom. The molecule has 0 spiro atoms. The number of nitrogens with zero attached hydrogens (tertiary/aromatic N) is 2. The van der Waals surface area contributed by atoms with Crippen LogP contribution in [-0.2, 0) is 28.7 Å². The Morgan fingerprint density at radius 2 is 1.15 bits per heavy atom. The summed E-state index contributed by atoms with van der Waals surface area (Å²) in [6.45, 7) is 9.14. The van der Waals surface area contributed by atoms with Crippen LogP contribution < -0.4 is 11.5 Å². The second-order valence-electron chi connectivity index (χ2n) is 9.79. The van der Waals surface area contributed by atoms with E-state index >= 15 is 0 Å². The highest BCUT2D eigenvalue weighted by Crippen LogP contribution is 2.34. The van der Waals surface area contributed by atoms with E-state index in [1.165, 1.54) is 0 Å². The number of rotatable bonds is 18. The molecule has 0 aliphatic heterocycles. The fourth-order valence-electron chi connectivity index (χ4n) is 4.70. The van der Waals surface area contributed by atoms with Gasteiger partial charge in [0.05, 0.1) is 0 Å². The fourth-order valence-corrected chi connectivity index (χ4v) is 4.70. The van der Waals surface area contributed by atoms with E-state index in [9.17, 15) is 19.2 Å². The molecule has 2 aromatic carbocycles. The quantitative estimate of drug-likeness (QED) is 0.288. The molecule has 0 fully saturated rings. The SMILES string of the molecule is CCCN(CCC)C(=O)COC(C(N)=O)c1cc2ccccc2cc1C(OCC(N)=O)C(=O)N(CCC)CCC. The highest BCUT2D eigenvalue weighted by atomic mass is 16.5. The maximum atomic E-state index is 13.8. The molecule has 4 N–H and O–H groups in total.